The third-order valence-corrected chi connectivity index (χ3v) is 4.16. The van der Waals surface area contributed by atoms with Gasteiger partial charge in [-0.2, -0.15) is 0 Å². The first kappa shape index (κ1) is 15.0. The van der Waals surface area contributed by atoms with E-state index in [0.717, 1.165) is 6.42 Å². The summed E-state index contributed by atoms with van der Waals surface area (Å²) in [5.41, 5.74) is -0.683. The third-order valence-electron chi connectivity index (χ3n) is 4.16. The van der Waals surface area contributed by atoms with Gasteiger partial charge in [0, 0.05) is 6.04 Å². The molecule has 0 bridgehead atoms. The number of rotatable bonds is 5. The van der Waals surface area contributed by atoms with Crippen LogP contribution in [-0.2, 0) is 9.59 Å². The van der Waals surface area contributed by atoms with Crippen LogP contribution in [0.5, 0.6) is 0 Å². The van der Waals surface area contributed by atoms with E-state index in [9.17, 15) is 9.59 Å². The lowest BCUT2D eigenvalue weighted by molar-refractivity contribution is -0.154. The third kappa shape index (κ3) is 2.52. The van der Waals surface area contributed by atoms with Crippen molar-refractivity contribution in [2.24, 2.45) is 5.92 Å². The number of carbonyl (C=O) groups is 2. The second-order valence-electron chi connectivity index (χ2n) is 5.49. The molecule has 1 N–H and O–H groups in total. The van der Waals surface area contributed by atoms with Gasteiger partial charge in [0.2, 0.25) is 11.8 Å². The molecule has 0 spiro atoms. The van der Waals surface area contributed by atoms with Crippen molar-refractivity contribution >= 4 is 11.8 Å². The van der Waals surface area contributed by atoms with Gasteiger partial charge in [-0.25, -0.2) is 0 Å². The van der Waals surface area contributed by atoms with Crippen molar-refractivity contribution in [1.82, 2.24) is 10.2 Å². The van der Waals surface area contributed by atoms with Crippen LogP contribution in [0.3, 0.4) is 0 Å². The molecule has 1 atom stereocenters. The Hall–Kier alpha value is -1.06. The second kappa shape index (κ2) is 5.72. The zero-order valence-electron chi connectivity index (χ0n) is 12.2. The van der Waals surface area contributed by atoms with Gasteiger partial charge < -0.3 is 10.2 Å². The van der Waals surface area contributed by atoms with E-state index in [-0.39, 0.29) is 24.4 Å². The largest absolute Gasteiger partial charge is 0.340 e. The maximum atomic E-state index is 12.7. The lowest BCUT2D eigenvalue weighted by Crippen LogP contribution is -2.68. The van der Waals surface area contributed by atoms with Crippen LogP contribution in [0.15, 0.2) is 0 Å². The minimum absolute atomic E-state index is 0.0302. The topological polar surface area (TPSA) is 49.4 Å². The van der Waals surface area contributed by atoms with Gasteiger partial charge in [0.1, 0.15) is 5.54 Å². The summed E-state index contributed by atoms with van der Waals surface area (Å²) in [4.78, 5) is 26.3. The number of hydrogen-bond donors (Lipinski definition) is 1. The van der Waals surface area contributed by atoms with Crippen molar-refractivity contribution in [1.29, 1.82) is 0 Å². The maximum Gasteiger partial charge on any atom is 0.249 e. The Morgan fingerprint density at radius 2 is 1.78 bits per heavy atom. The van der Waals surface area contributed by atoms with Gasteiger partial charge in [0.05, 0.1) is 6.54 Å². The minimum atomic E-state index is -0.683. The Bertz CT molecular complexity index is 322. The molecule has 1 rings (SSSR count). The van der Waals surface area contributed by atoms with Gasteiger partial charge in [-0.05, 0) is 25.2 Å². The molecule has 0 aliphatic carbocycles. The molecule has 104 valence electrons. The van der Waals surface area contributed by atoms with E-state index >= 15 is 0 Å². The highest BCUT2D eigenvalue weighted by atomic mass is 16.2. The van der Waals surface area contributed by atoms with E-state index in [2.05, 4.69) is 26.1 Å². The SMILES string of the molecule is CCC(C(C)C)N1CC(=O)NC(CC)(CC)C1=O. The maximum absolute atomic E-state index is 12.7. The number of nitrogens with zero attached hydrogens (tertiary/aromatic N) is 1. The highest BCUT2D eigenvalue weighted by Gasteiger charge is 2.46. The van der Waals surface area contributed by atoms with Crippen LogP contribution >= 0.6 is 0 Å². The molecule has 1 heterocycles. The van der Waals surface area contributed by atoms with E-state index in [1.54, 1.807) is 4.90 Å². The average Bonchev–Trinajstić information content (AvgIpc) is 2.33. The number of amides is 2. The van der Waals surface area contributed by atoms with E-state index in [1.165, 1.54) is 0 Å². The monoisotopic (exact) mass is 254 g/mol. The molecule has 1 saturated heterocycles. The molecule has 0 aromatic heterocycles. The Kier molecular flexibility index (Phi) is 4.77. The number of piperazine rings is 1. The molecule has 0 saturated carbocycles. The molecule has 18 heavy (non-hydrogen) atoms. The fraction of sp³-hybridized carbons (Fsp3) is 0.857. The molecule has 1 fully saturated rings. The lowest BCUT2D eigenvalue weighted by Gasteiger charge is -2.45. The molecule has 4 nitrogen and oxygen atoms in total. The van der Waals surface area contributed by atoms with Crippen LogP contribution in [0.4, 0.5) is 0 Å². The molecule has 0 aromatic carbocycles. The second-order valence-corrected chi connectivity index (χ2v) is 5.49. The van der Waals surface area contributed by atoms with E-state index in [4.69, 9.17) is 0 Å². The zero-order valence-corrected chi connectivity index (χ0v) is 12.2. The fourth-order valence-corrected chi connectivity index (χ4v) is 2.91. The van der Waals surface area contributed by atoms with Gasteiger partial charge in [-0.1, -0.05) is 34.6 Å². The summed E-state index contributed by atoms with van der Waals surface area (Å²) in [6.07, 6.45) is 2.19. The summed E-state index contributed by atoms with van der Waals surface area (Å²) >= 11 is 0. The van der Waals surface area contributed by atoms with Gasteiger partial charge >= 0.3 is 0 Å². The summed E-state index contributed by atoms with van der Waals surface area (Å²) in [6.45, 7) is 10.4. The molecule has 0 aromatic rings. The van der Waals surface area contributed by atoms with Crippen molar-refractivity contribution in [2.45, 2.75) is 65.5 Å². The summed E-state index contributed by atoms with van der Waals surface area (Å²) < 4.78 is 0. The predicted octanol–water partition coefficient (Wildman–Crippen LogP) is 1.94. The number of nitrogens with one attached hydrogen (secondary N) is 1. The Morgan fingerprint density at radius 1 is 1.22 bits per heavy atom. The first-order chi connectivity index (χ1) is 8.41. The van der Waals surface area contributed by atoms with E-state index in [0.29, 0.717) is 18.8 Å². The van der Waals surface area contributed by atoms with Crippen LogP contribution in [0.25, 0.3) is 0 Å². The molecular weight excluding hydrogens is 228 g/mol. The number of carbonyl (C=O) groups excluding carboxylic acids is 2. The fourth-order valence-electron chi connectivity index (χ4n) is 2.91. The quantitative estimate of drug-likeness (QED) is 0.815. The minimum Gasteiger partial charge on any atom is -0.340 e. The van der Waals surface area contributed by atoms with Crippen molar-refractivity contribution < 1.29 is 9.59 Å². The summed E-state index contributed by atoms with van der Waals surface area (Å²) in [5, 5.41) is 2.90. The van der Waals surface area contributed by atoms with Gasteiger partial charge in [-0.15, -0.1) is 0 Å². The van der Waals surface area contributed by atoms with E-state index < -0.39 is 5.54 Å². The normalized spacial score (nSPS) is 21.1. The van der Waals surface area contributed by atoms with Gasteiger partial charge in [0.25, 0.3) is 0 Å². The highest BCUT2D eigenvalue weighted by molar-refractivity contribution is 5.98. The van der Waals surface area contributed by atoms with Crippen molar-refractivity contribution in [3.05, 3.63) is 0 Å². The average molecular weight is 254 g/mol. The van der Waals surface area contributed by atoms with Crippen molar-refractivity contribution in [3.63, 3.8) is 0 Å². The molecule has 4 heteroatoms. The molecular formula is C14H26N2O2. The molecule has 1 aliphatic heterocycles. The smallest absolute Gasteiger partial charge is 0.249 e. The lowest BCUT2D eigenvalue weighted by atomic mass is 9.86. The Labute approximate surface area is 110 Å². The van der Waals surface area contributed by atoms with E-state index in [1.807, 2.05) is 13.8 Å². The first-order valence-corrected chi connectivity index (χ1v) is 7.03. The van der Waals surface area contributed by atoms with Crippen LogP contribution in [0.2, 0.25) is 0 Å². The molecule has 1 aliphatic rings. The zero-order chi connectivity index (χ0) is 13.9. The molecule has 1 unspecified atom stereocenters. The summed E-state index contributed by atoms with van der Waals surface area (Å²) in [7, 11) is 0. The van der Waals surface area contributed by atoms with Crippen molar-refractivity contribution in [3.8, 4) is 0 Å². The van der Waals surface area contributed by atoms with Gasteiger partial charge in [-0.3, -0.25) is 9.59 Å². The highest BCUT2D eigenvalue weighted by Crippen LogP contribution is 2.26. The predicted molar refractivity (Wildman–Crippen MR) is 72.1 cm³/mol. The van der Waals surface area contributed by atoms with Crippen molar-refractivity contribution in [2.75, 3.05) is 6.54 Å². The first-order valence-electron chi connectivity index (χ1n) is 7.03. The van der Waals surface area contributed by atoms with Crippen LogP contribution in [-0.4, -0.2) is 34.8 Å². The standard InChI is InChI=1S/C14H26N2O2/c1-6-11(10(4)5)16-9-12(17)15-14(7-2,8-3)13(16)18/h10-11H,6-9H2,1-5H3,(H,15,17). The Balaban J connectivity index is 3.05. The molecule has 2 amide bonds. The van der Waals surface area contributed by atoms with Crippen LogP contribution in [0, 0.1) is 5.92 Å². The summed E-state index contributed by atoms with van der Waals surface area (Å²) in [5.74, 6) is 0.432. The molecule has 0 radical (unpaired) electrons. The summed E-state index contributed by atoms with van der Waals surface area (Å²) in [6, 6.07) is 0.154. The Morgan fingerprint density at radius 3 is 2.17 bits per heavy atom. The van der Waals surface area contributed by atoms with Crippen LogP contribution < -0.4 is 5.32 Å². The van der Waals surface area contributed by atoms with Gasteiger partial charge in [0.15, 0.2) is 0 Å². The van der Waals surface area contributed by atoms with Crippen LogP contribution in [0.1, 0.15) is 53.9 Å². The number of hydrogen-bond acceptors (Lipinski definition) is 2.